The van der Waals surface area contributed by atoms with Crippen LogP contribution in [0.4, 0.5) is 0 Å². The summed E-state index contributed by atoms with van der Waals surface area (Å²) < 4.78 is 2.27. The van der Waals surface area contributed by atoms with Gasteiger partial charge in [-0.2, -0.15) is 0 Å². The van der Waals surface area contributed by atoms with Crippen LogP contribution in [0.1, 0.15) is 39.7 Å². The number of nitrogens with one attached hydrogen (secondary N) is 1. The molecule has 1 atom stereocenters. The van der Waals surface area contributed by atoms with Gasteiger partial charge in [0.2, 0.25) is 0 Å². The second-order valence-electron chi connectivity index (χ2n) is 5.11. The van der Waals surface area contributed by atoms with Crippen LogP contribution in [0.25, 0.3) is 0 Å². The lowest BCUT2D eigenvalue weighted by atomic mass is 9.98. The standard InChI is InChI=1S/C14H26N2/c1-5-7-16-8-6-14(11-16)10-15-9-13(4)12(2)3/h6,8,11-13,15H,5,7,9-10H2,1-4H3. The summed E-state index contributed by atoms with van der Waals surface area (Å²) in [5.41, 5.74) is 1.39. The van der Waals surface area contributed by atoms with Gasteiger partial charge < -0.3 is 9.88 Å². The lowest BCUT2D eigenvalue weighted by molar-refractivity contribution is 0.392. The summed E-state index contributed by atoms with van der Waals surface area (Å²) in [5.74, 6) is 1.51. The zero-order valence-electron chi connectivity index (χ0n) is 11.2. The molecule has 2 nitrogen and oxygen atoms in total. The Morgan fingerprint density at radius 1 is 1.31 bits per heavy atom. The number of aromatic nitrogens is 1. The van der Waals surface area contributed by atoms with E-state index in [1.54, 1.807) is 0 Å². The summed E-state index contributed by atoms with van der Waals surface area (Å²) in [7, 11) is 0. The van der Waals surface area contributed by atoms with Gasteiger partial charge in [0.05, 0.1) is 0 Å². The third kappa shape index (κ3) is 4.40. The predicted molar refractivity (Wildman–Crippen MR) is 70.4 cm³/mol. The van der Waals surface area contributed by atoms with Gasteiger partial charge in [-0.25, -0.2) is 0 Å². The Labute approximate surface area is 100 Å². The summed E-state index contributed by atoms with van der Waals surface area (Å²) in [6.45, 7) is 12.3. The number of rotatable bonds is 7. The number of hydrogen-bond acceptors (Lipinski definition) is 1. The minimum atomic E-state index is 0.748. The molecule has 0 spiro atoms. The molecule has 92 valence electrons. The molecule has 1 N–H and O–H groups in total. The van der Waals surface area contributed by atoms with Gasteiger partial charge in [-0.3, -0.25) is 0 Å². The Kier molecular flexibility index (Phi) is 5.61. The summed E-state index contributed by atoms with van der Waals surface area (Å²) in [6, 6.07) is 2.21. The SMILES string of the molecule is CCCn1ccc(CNCC(C)C(C)C)c1. The molecule has 1 aromatic heterocycles. The third-order valence-electron chi connectivity index (χ3n) is 3.23. The Morgan fingerprint density at radius 3 is 2.69 bits per heavy atom. The molecule has 0 aromatic carbocycles. The molecule has 0 radical (unpaired) electrons. The van der Waals surface area contributed by atoms with Gasteiger partial charge in [-0.15, -0.1) is 0 Å². The van der Waals surface area contributed by atoms with E-state index < -0.39 is 0 Å². The van der Waals surface area contributed by atoms with Crippen LogP contribution >= 0.6 is 0 Å². The molecule has 1 rings (SSSR count). The van der Waals surface area contributed by atoms with Crippen molar-refractivity contribution in [2.24, 2.45) is 11.8 Å². The first-order valence-corrected chi connectivity index (χ1v) is 6.48. The molecule has 0 saturated carbocycles. The van der Waals surface area contributed by atoms with E-state index in [1.165, 1.54) is 12.0 Å². The van der Waals surface area contributed by atoms with E-state index >= 15 is 0 Å². The first-order valence-electron chi connectivity index (χ1n) is 6.48. The molecule has 0 amide bonds. The van der Waals surface area contributed by atoms with Crippen molar-refractivity contribution in [3.8, 4) is 0 Å². The van der Waals surface area contributed by atoms with Gasteiger partial charge in [0.15, 0.2) is 0 Å². The number of nitrogens with zero attached hydrogens (tertiary/aromatic N) is 1. The number of aryl methyl sites for hydroxylation is 1. The maximum absolute atomic E-state index is 3.52. The molecular weight excluding hydrogens is 196 g/mol. The largest absolute Gasteiger partial charge is 0.354 e. The van der Waals surface area contributed by atoms with Crippen LogP contribution < -0.4 is 5.32 Å². The van der Waals surface area contributed by atoms with Crippen molar-refractivity contribution in [1.82, 2.24) is 9.88 Å². The Hall–Kier alpha value is -0.760. The maximum atomic E-state index is 3.52. The molecule has 16 heavy (non-hydrogen) atoms. The Balaban J connectivity index is 2.26. The van der Waals surface area contributed by atoms with Crippen molar-refractivity contribution in [1.29, 1.82) is 0 Å². The van der Waals surface area contributed by atoms with Crippen LogP contribution in [0.5, 0.6) is 0 Å². The molecule has 1 heterocycles. The van der Waals surface area contributed by atoms with E-state index in [2.05, 4.69) is 56.0 Å². The van der Waals surface area contributed by atoms with Gasteiger partial charge >= 0.3 is 0 Å². The third-order valence-corrected chi connectivity index (χ3v) is 3.23. The molecule has 0 aliphatic rings. The highest BCUT2D eigenvalue weighted by molar-refractivity contribution is 5.09. The first-order chi connectivity index (χ1) is 7.63. The molecule has 1 unspecified atom stereocenters. The molecule has 0 aliphatic heterocycles. The van der Waals surface area contributed by atoms with E-state index in [0.29, 0.717) is 0 Å². The van der Waals surface area contributed by atoms with Crippen molar-refractivity contribution < 1.29 is 0 Å². The zero-order chi connectivity index (χ0) is 12.0. The molecule has 0 aliphatic carbocycles. The van der Waals surface area contributed by atoms with E-state index in [1.807, 2.05) is 0 Å². The highest BCUT2D eigenvalue weighted by atomic mass is 14.9. The van der Waals surface area contributed by atoms with Crippen molar-refractivity contribution in [3.05, 3.63) is 24.0 Å². The van der Waals surface area contributed by atoms with E-state index in [-0.39, 0.29) is 0 Å². The molecule has 0 fully saturated rings. The fourth-order valence-electron chi connectivity index (χ4n) is 1.67. The van der Waals surface area contributed by atoms with Gasteiger partial charge in [-0.05, 0) is 36.4 Å². The van der Waals surface area contributed by atoms with Crippen LogP contribution in [0, 0.1) is 11.8 Å². The van der Waals surface area contributed by atoms with Crippen LogP contribution in [-0.4, -0.2) is 11.1 Å². The normalized spacial score (nSPS) is 13.3. The summed E-state index contributed by atoms with van der Waals surface area (Å²) >= 11 is 0. The first kappa shape index (κ1) is 13.3. The summed E-state index contributed by atoms with van der Waals surface area (Å²) in [6.07, 6.45) is 5.62. The van der Waals surface area contributed by atoms with Crippen molar-refractivity contribution in [2.75, 3.05) is 6.54 Å². The fourth-order valence-corrected chi connectivity index (χ4v) is 1.67. The minimum Gasteiger partial charge on any atom is -0.354 e. The predicted octanol–water partition coefficient (Wildman–Crippen LogP) is 3.28. The highest BCUT2D eigenvalue weighted by Gasteiger charge is 2.06. The molecule has 0 bridgehead atoms. The lowest BCUT2D eigenvalue weighted by Crippen LogP contribution is -2.23. The quantitative estimate of drug-likeness (QED) is 0.749. The Morgan fingerprint density at radius 2 is 2.06 bits per heavy atom. The van der Waals surface area contributed by atoms with Crippen LogP contribution in [0.15, 0.2) is 18.5 Å². The average Bonchev–Trinajstić information content (AvgIpc) is 2.66. The second-order valence-corrected chi connectivity index (χ2v) is 5.11. The smallest absolute Gasteiger partial charge is 0.0220 e. The molecule has 2 heteroatoms. The van der Waals surface area contributed by atoms with Crippen LogP contribution in [0.3, 0.4) is 0 Å². The summed E-state index contributed by atoms with van der Waals surface area (Å²) in [4.78, 5) is 0. The maximum Gasteiger partial charge on any atom is 0.0220 e. The van der Waals surface area contributed by atoms with E-state index in [0.717, 1.165) is 31.5 Å². The average molecular weight is 222 g/mol. The van der Waals surface area contributed by atoms with Gasteiger partial charge in [0, 0.05) is 25.5 Å². The fraction of sp³-hybridized carbons (Fsp3) is 0.714. The highest BCUT2D eigenvalue weighted by Crippen LogP contribution is 2.08. The number of hydrogen-bond donors (Lipinski definition) is 1. The topological polar surface area (TPSA) is 17.0 Å². The van der Waals surface area contributed by atoms with E-state index in [9.17, 15) is 0 Å². The second kappa shape index (κ2) is 6.74. The molecule has 0 saturated heterocycles. The van der Waals surface area contributed by atoms with Crippen molar-refractivity contribution in [2.45, 2.75) is 47.2 Å². The van der Waals surface area contributed by atoms with Crippen molar-refractivity contribution >= 4 is 0 Å². The molecular formula is C14H26N2. The van der Waals surface area contributed by atoms with Crippen LogP contribution in [-0.2, 0) is 13.1 Å². The molecule has 1 aromatic rings. The van der Waals surface area contributed by atoms with Gasteiger partial charge in [0.25, 0.3) is 0 Å². The lowest BCUT2D eigenvalue weighted by Gasteiger charge is -2.15. The summed E-state index contributed by atoms with van der Waals surface area (Å²) in [5, 5.41) is 3.52. The van der Waals surface area contributed by atoms with E-state index in [4.69, 9.17) is 0 Å². The zero-order valence-corrected chi connectivity index (χ0v) is 11.2. The van der Waals surface area contributed by atoms with Crippen molar-refractivity contribution in [3.63, 3.8) is 0 Å². The monoisotopic (exact) mass is 222 g/mol. The van der Waals surface area contributed by atoms with Gasteiger partial charge in [0.1, 0.15) is 0 Å². The minimum absolute atomic E-state index is 0.748. The van der Waals surface area contributed by atoms with Gasteiger partial charge in [-0.1, -0.05) is 27.7 Å². The van der Waals surface area contributed by atoms with Crippen LogP contribution in [0.2, 0.25) is 0 Å². The Bertz CT molecular complexity index is 289.